The maximum absolute atomic E-state index is 14.0. The third-order valence-electron chi connectivity index (χ3n) is 7.19. The summed E-state index contributed by atoms with van der Waals surface area (Å²) in [7, 11) is 0. The molecule has 172 valence electrons. The topological polar surface area (TPSA) is 119 Å². The molecule has 10 heteroatoms. The van der Waals surface area contributed by atoms with Crippen LogP contribution in [0.15, 0.2) is 40.0 Å². The highest BCUT2D eigenvalue weighted by molar-refractivity contribution is 5.87. The van der Waals surface area contributed by atoms with Gasteiger partial charge >= 0.3 is 6.18 Å². The number of alkyl halides is 3. The first-order valence-corrected chi connectivity index (χ1v) is 10.8. The SMILES string of the molecule is NC1=C(C(N)C2CCN(c3nc4ccccc4o3)CC2)C(O)(C(F)(F)F)CC(=O)C2CC12. The number of hydrogen-bond acceptors (Lipinski definition) is 7. The molecule has 1 aromatic carbocycles. The van der Waals surface area contributed by atoms with Crippen molar-refractivity contribution < 1.29 is 27.5 Å². The lowest BCUT2D eigenvalue weighted by molar-refractivity contribution is -0.246. The molecule has 32 heavy (non-hydrogen) atoms. The molecule has 0 amide bonds. The zero-order valence-corrected chi connectivity index (χ0v) is 17.3. The average molecular weight is 450 g/mol. The van der Waals surface area contributed by atoms with Crippen LogP contribution in [0.5, 0.6) is 0 Å². The number of benzene rings is 1. The molecule has 5 rings (SSSR count). The van der Waals surface area contributed by atoms with Gasteiger partial charge < -0.3 is 25.9 Å². The van der Waals surface area contributed by atoms with E-state index in [-0.39, 0.29) is 11.6 Å². The number of nitrogens with two attached hydrogens (primary N) is 2. The number of anilines is 1. The molecule has 1 saturated carbocycles. The number of rotatable bonds is 3. The molecule has 2 aliphatic carbocycles. The van der Waals surface area contributed by atoms with Crippen molar-refractivity contribution in [2.75, 3.05) is 18.0 Å². The van der Waals surface area contributed by atoms with Gasteiger partial charge in [-0.25, -0.2) is 0 Å². The molecule has 1 aliphatic heterocycles. The Morgan fingerprint density at radius 1 is 1.22 bits per heavy atom. The van der Waals surface area contributed by atoms with Gasteiger partial charge in [0.1, 0.15) is 11.3 Å². The number of halogens is 3. The first-order valence-electron chi connectivity index (χ1n) is 10.8. The highest BCUT2D eigenvalue weighted by Gasteiger charge is 2.64. The molecule has 7 nitrogen and oxygen atoms in total. The largest absolute Gasteiger partial charge is 0.423 e. The lowest BCUT2D eigenvalue weighted by Gasteiger charge is -2.40. The van der Waals surface area contributed by atoms with Crippen molar-refractivity contribution in [3.05, 3.63) is 35.5 Å². The highest BCUT2D eigenvalue weighted by Crippen LogP contribution is 2.54. The molecule has 4 atom stereocenters. The van der Waals surface area contributed by atoms with Crippen molar-refractivity contribution in [1.29, 1.82) is 0 Å². The fourth-order valence-electron chi connectivity index (χ4n) is 5.21. The van der Waals surface area contributed by atoms with Gasteiger partial charge in [0.2, 0.25) is 0 Å². The maximum atomic E-state index is 14.0. The van der Waals surface area contributed by atoms with Crippen LogP contribution in [0.4, 0.5) is 19.2 Å². The number of aliphatic hydroxyl groups is 1. The molecule has 1 aromatic heterocycles. The van der Waals surface area contributed by atoms with Gasteiger partial charge in [-0.2, -0.15) is 18.2 Å². The molecule has 3 aliphatic rings. The molecule has 2 heterocycles. The number of ketones is 1. The number of hydrogen-bond donors (Lipinski definition) is 3. The minimum atomic E-state index is -5.05. The molecule has 2 fully saturated rings. The van der Waals surface area contributed by atoms with Crippen LogP contribution in [0.25, 0.3) is 11.1 Å². The Bertz CT molecular complexity index is 1060. The third kappa shape index (κ3) is 3.27. The number of para-hydroxylation sites is 2. The van der Waals surface area contributed by atoms with E-state index in [0.29, 0.717) is 43.9 Å². The van der Waals surface area contributed by atoms with Gasteiger partial charge in [0.05, 0.1) is 0 Å². The Balaban J connectivity index is 1.38. The van der Waals surface area contributed by atoms with Crippen LogP contribution in [0.1, 0.15) is 25.7 Å². The molecular formula is C22H25F3N4O3. The summed E-state index contributed by atoms with van der Waals surface area (Å²) in [5.74, 6) is -1.94. The van der Waals surface area contributed by atoms with Gasteiger partial charge in [-0.05, 0) is 37.3 Å². The average Bonchev–Trinajstić information content (AvgIpc) is 3.45. The molecule has 1 saturated heterocycles. The number of nitrogens with zero attached hydrogens (tertiary/aromatic N) is 2. The number of Topliss-reactive ketones (excluding diaryl/α,β-unsaturated/α-hetero) is 1. The zero-order valence-electron chi connectivity index (χ0n) is 17.3. The monoisotopic (exact) mass is 450 g/mol. The van der Waals surface area contributed by atoms with Gasteiger partial charge in [-0.3, -0.25) is 4.79 Å². The Morgan fingerprint density at radius 2 is 1.91 bits per heavy atom. The van der Waals surface area contributed by atoms with E-state index in [1.54, 1.807) is 0 Å². The fourth-order valence-corrected chi connectivity index (χ4v) is 5.21. The van der Waals surface area contributed by atoms with E-state index in [1.165, 1.54) is 0 Å². The van der Waals surface area contributed by atoms with Crippen LogP contribution in [-0.2, 0) is 4.79 Å². The summed E-state index contributed by atoms with van der Waals surface area (Å²) in [6.07, 6.45) is -4.69. The summed E-state index contributed by atoms with van der Waals surface area (Å²) < 4.78 is 47.7. The van der Waals surface area contributed by atoms with Crippen LogP contribution >= 0.6 is 0 Å². The zero-order chi connectivity index (χ0) is 22.8. The first-order chi connectivity index (χ1) is 15.1. The summed E-state index contributed by atoms with van der Waals surface area (Å²) in [6.45, 7) is 0.988. The van der Waals surface area contributed by atoms with E-state index >= 15 is 0 Å². The molecule has 0 bridgehead atoms. The number of carbonyl (C=O) groups excluding carboxylic acids is 1. The Kier molecular flexibility index (Phi) is 4.79. The van der Waals surface area contributed by atoms with Crippen molar-refractivity contribution in [1.82, 2.24) is 4.98 Å². The predicted molar refractivity (Wildman–Crippen MR) is 110 cm³/mol. The van der Waals surface area contributed by atoms with Crippen molar-refractivity contribution in [3.8, 4) is 0 Å². The molecule has 2 aromatic rings. The van der Waals surface area contributed by atoms with Crippen molar-refractivity contribution in [2.45, 2.75) is 43.5 Å². The van der Waals surface area contributed by atoms with Gasteiger partial charge in [-0.1, -0.05) is 12.1 Å². The van der Waals surface area contributed by atoms with Crippen LogP contribution in [0.3, 0.4) is 0 Å². The lowest BCUT2D eigenvalue weighted by atomic mass is 9.76. The van der Waals surface area contributed by atoms with Crippen LogP contribution in [-0.4, -0.2) is 46.8 Å². The number of allylic oxidation sites excluding steroid dienone is 1. The summed E-state index contributed by atoms with van der Waals surface area (Å²) in [5, 5.41) is 10.7. The number of fused-ring (bicyclic) bond motifs is 2. The number of piperidine rings is 1. The number of aromatic nitrogens is 1. The third-order valence-corrected chi connectivity index (χ3v) is 7.19. The summed E-state index contributed by atoms with van der Waals surface area (Å²) in [4.78, 5) is 18.7. The standard InChI is InChI=1S/C22H25F3N4O3/c23-22(24,25)21(31)10-15(30)12-9-13(12)19(27)17(21)18(26)11-5-7-29(8-6-11)20-28-14-3-1-2-4-16(14)32-20/h1-4,11-13,18,31H,5-10,26-27H2. The van der Waals surface area contributed by atoms with Crippen molar-refractivity contribution in [2.24, 2.45) is 29.2 Å². The minimum Gasteiger partial charge on any atom is -0.423 e. The van der Waals surface area contributed by atoms with Crippen LogP contribution in [0.2, 0.25) is 0 Å². The van der Waals surface area contributed by atoms with E-state index in [2.05, 4.69) is 4.98 Å². The van der Waals surface area contributed by atoms with E-state index < -0.39 is 47.4 Å². The predicted octanol–water partition coefficient (Wildman–Crippen LogP) is 2.49. The van der Waals surface area contributed by atoms with E-state index in [4.69, 9.17) is 15.9 Å². The van der Waals surface area contributed by atoms with E-state index in [1.807, 2.05) is 29.2 Å². The van der Waals surface area contributed by atoms with Gasteiger partial charge in [0.15, 0.2) is 11.2 Å². The fraction of sp³-hybridized carbons (Fsp3) is 0.545. The molecule has 0 spiro atoms. The summed E-state index contributed by atoms with van der Waals surface area (Å²) in [6, 6.07) is 6.74. The smallest absolute Gasteiger partial charge is 0.421 e. The second-order valence-electron chi connectivity index (χ2n) is 9.13. The number of oxazole rings is 1. The summed E-state index contributed by atoms with van der Waals surface area (Å²) in [5.41, 5.74) is 10.1. The maximum Gasteiger partial charge on any atom is 0.421 e. The second-order valence-corrected chi connectivity index (χ2v) is 9.13. The van der Waals surface area contributed by atoms with Crippen molar-refractivity contribution >= 4 is 22.9 Å². The molecule has 5 N–H and O–H groups in total. The van der Waals surface area contributed by atoms with Gasteiger partial charge in [-0.15, -0.1) is 0 Å². The lowest BCUT2D eigenvalue weighted by Crippen LogP contribution is -2.56. The molecule has 4 unspecified atom stereocenters. The minimum absolute atomic E-state index is 0.0606. The van der Waals surface area contributed by atoms with Gasteiger partial charge in [0, 0.05) is 48.7 Å². The quantitative estimate of drug-likeness (QED) is 0.657. The second kappa shape index (κ2) is 7.21. The van der Waals surface area contributed by atoms with Crippen molar-refractivity contribution in [3.63, 3.8) is 0 Å². The normalized spacial score (nSPS) is 30.4. The molecule has 0 radical (unpaired) electrons. The Hall–Kier alpha value is -2.59. The van der Waals surface area contributed by atoms with Crippen LogP contribution < -0.4 is 16.4 Å². The Labute approximate surface area is 182 Å². The van der Waals surface area contributed by atoms with Gasteiger partial charge in [0.25, 0.3) is 6.01 Å². The van der Waals surface area contributed by atoms with E-state index in [9.17, 15) is 23.1 Å². The highest BCUT2D eigenvalue weighted by atomic mass is 19.4. The summed E-state index contributed by atoms with van der Waals surface area (Å²) >= 11 is 0. The first kappa shape index (κ1) is 21.3. The molecular weight excluding hydrogens is 425 g/mol. The van der Waals surface area contributed by atoms with E-state index in [0.717, 1.165) is 5.52 Å². The number of carbonyl (C=O) groups is 1. The van der Waals surface area contributed by atoms with Crippen LogP contribution in [0, 0.1) is 17.8 Å². The Morgan fingerprint density at radius 3 is 2.56 bits per heavy atom.